The average molecular weight is 448 g/mol. The van der Waals surface area contributed by atoms with Crippen molar-refractivity contribution in [2.45, 2.75) is 81.9 Å². The summed E-state index contributed by atoms with van der Waals surface area (Å²) in [5, 5.41) is 13.7. The van der Waals surface area contributed by atoms with Crippen LogP contribution in [0.15, 0.2) is 35.9 Å². The van der Waals surface area contributed by atoms with Crippen LogP contribution in [-0.2, 0) is 30.9 Å². The topological polar surface area (TPSA) is 88.6 Å². The van der Waals surface area contributed by atoms with Gasteiger partial charge < -0.3 is 19.6 Å². The Morgan fingerprint density at radius 2 is 1.82 bits per heavy atom. The smallest absolute Gasteiger partial charge is 0.196 e. The SMILES string of the molecule is CC1(C)O[C@@]23CCC4(C)[C@@](O)(C(=O)C[C@H]5Cc6c([nH]c7ccccc67)[C@@]54C)C2=CC(=O)C1O3. The third kappa shape index (κ3) is 1.93. The summed E-state index contributed by atoms with van der Waals surface area (Å²) in [5.74, 6) is -1.60. The molecule has 6 atom stereocenters. The van der Waals surface area contributed by atoms with Crippen LogP contribution in [0, 0.1) is 11.3 Å². The maximum Gasteiger partial charge on any atom is 0.196 e. The van der Waals surface area contributed by atoms with Gasteiger partial charge in [0.15, 0.2) is 29.1 Å². The molecule has 6 heteroatoms. The Bertz CT molecular complexity index is 1320. The highest BCUT2D eigenvalue weighted by atomic mass is 16.8. The van der Waals surface area contributed by atoms with Crippen LogP contribution in [-0.4, -0.2) is 44.8 Å². The van der Waals surface area contributed by atoms with Gasteiger partial charge in [0, 0.05) is 45.8 Å². The molecule has 172 valence electrons. The monoisotopic (exact) mass is 447 g/mol. The molecule has 2 saturated carbocycles. The number of nitrogens with one attached hydrogen (secondary N) is 1. The molecule has 3 heterocycles. The van der Waals surface area contributed by atoms with Crippen molar-refractivity contribution in [1.82, 2.24) is 4.98 Å². The fraction of sp³-hybridized carbons (Fsp3) is 0.556. The molecule has 2 unspecified atom stereocenters. The number of ether oxygens (including phenoxy) is 2. The Morgan fingerprint density at radius 1 is 1.06 bits per heavy atom. The normalized spacial score (nSPS) is 44.8. The van der Waals surface area contributed by atoms with Crippen molar-refractivity contribution in [2.75, 3.05) is 0 Å². The van der Waals surface area contributed by atoms with Crippen molar-refractivity contribution in [3.63, 3.8) is 0 Å². The highest BCUT2D eigenvalue weighted by molar-refractivity contribution is 6.02. The van der Waals surface area contributed by atoms with Gasteiger partial charge in [-0.3, -0.25) is 9.59 Å². The number of rotatable bonds is 0. The summed E-state index contributed by atoms with van der Waals surface area (Å²) in [4.78, 5) is 30.6. The molecule has 2 bridgehead atoms. The molecule has 1 aromatic heterocycles. The zero-order valence-corrected chi connectivity index (χ0v) is 19.5. The molecule has 2 aliphatic heterocycles. The Balaban J connectivity index is 1.47. The lowest BCUT2D eigenvalue weighted by atomic mass is 9.42. The fourth-order valence-corrected chi connectivity index (χ4v) is 8.18. The molecule has 3 fully saturated rings. The molecular weight excluding hydrogens is 418 g/mol. The molecule has 1 saturated heterocycles. The lowest BCUT2D eigenvalue weighted by Crippen LogP contribution is -2.73. The first-order valence-electron chi connectivity index (χ1n) is 12.0. The highest BCUT2D eigenvalue weighted by Crippen LogP contribution is 2.70. The van der Waals surface area contributed by atoms with E-state index in [1.807, 2.05) is 32.9 Å². The molecule has 6 nitrogen and oxygen atoms in total. The van der Waals surface area contributed by atoms with E-state index in [1.54, 1.807) is 0 Å². The first-order valence-corrected chi connectivity index (χ1v) is 12.0. The Kier molecular flexibility index (Phi) is 3.36. The third-order valence-corrected chi connectivity index (χ3v) is 10.0. The number of benzene rings is 1. The van der Waals surface area contributed by atoms with Gasteiger partial charge in [-0.2, -0.15) is 0 Å². The second kappa shape index (κ2) is 5.51. The third-order valence-electron chi connectivity index (χ3n) is 10.0. The number of para-hydroxylation sites is 1. The molecule has 33 heavy (non-hydrogen) atoms. The molecule has 5 aliphatic rings. The number of aliphatic hydroxyl groups is 1. The second-order valence-corrected chi connectivity index (χ2v) is 11.7. The summed E-state index contributed by atoms with van der Waals surface area (Å²) < 4.78 is 12.6. The van der Waals surface area contributed by atoms with Gasteiger partial charge in [-0.15, -0.1) is 0 Å². The van der Waals surface area contributed by atoms with Gasteiger partial charge in [-0.05, 0) is 50.3 Å². The van der Waals surface area contributed by atoms with Crippen LogP contribution in [0.2, 0.25) is 0 Å². The minimum absolute atomic E-state index is 0.0877. The van der Waals surface area contributed by atoms with E-state index in [4.69, 9.17) is 9.47 Å². The van der Waals surface area contributed by atoms with Gasteiger partial charge in [-0.1, -0.05) is 32.0 Å². The first kappa shape index (κ1) is 20.1. The maximum absolute atomic E-state index is 13.8. The summed E-state index contributed by atoms with van der Waals surface area (Å²) in [7, 11) is 0. The predicted octanol–water partition coefficient (Wildman–Crippen LogP) is 3.50. The molecule has 2 N–H and O–H groups in total. The minimum atomic E-state index is -1.84. The summed E-state index contributed by atoms with van der Waals surface area (Å²) in [6, 6.07) is 8.27. The van der Waals surface area contributed by atoms with Crippen LogP contribution >= 0.6 is 0 Å². The van der Waals surface area contributed by atoms with Crippen LogP contribution in [0.3, 0.4) is 0 Å². The molecular formula is C27H29NO5. The van der Waals surface area contributed by atoms with E-state index in [0.717, 1.165) is 17.6 Å². The molecule has 1 aromatic carbocycles. The van der Waals surface area contributed by atoms with Gasteiger partial charge in [0.05, 0.1) is 0 Å². The van der Waals surface area contributed by atoms with Crippen LogP contribution < -0.4 is 0 Å². The van der Waals surface area contributed by atoms with Crippen LogP contribution in [0.4, 0.5) is 0 Å². The molecule has 1 spiro atoms. The maximum atomic E-state index is 13.8. The summed E-state index contributed by atoms with van der Waals surface area (Å²) in [6.45, 7) is 7.91. The highest BCUT2D eigenvalue weighted by Gasteiger charge is 2.77. The van der Waals surface area contributed by atoms with E-state index < -0.39 is 33.9 Å². The zero-order valence-electron chi connectivity index (χ0n) is 19.5. The molecule has 2 aromatic rings. The summed E-state index contributed by atoms with van der Waals surface area (Å²) >= 11 is 0. The van der Waals surface area contributed by atoms with E-state index in [2.05, 4.69) is 24.0 Å². The number of hydrogen-bond acceptors (Lipinski definition) is 5. The summed E-state index contributed by atoms with van der Waals surface area (Å²) in [5.41, 5.74) is -0.191. The van der Waals surface area contributed by atoms with Crippen molar-refractivity contribution in [3.8, 4) is 0 Å². The van der Waals surface area contributed by atoms with Crippen molar-refractivity contribution in [3.05, 3.63) is 47.2 Å². The molecule has 7 rings (SSSR count). The summed E-state index contributed by atoms with van der Waals surface area (Å²) in [6.07, 6.45) is 2.86. The number of ketones is 2. The van der Waals surface area contributed by atoms with Gasteiger partial charge in [-0.25, -0.2) is 0 Å². The van der Waals surface area contributed by atoms with Gasteiger partial charge in [0.2, 0.25) is 0 Å². The zero-order chi connectivity index (χ0) is 23.2. The number of carbonyl (C=O) groups is 2. The number of hydrogen-bond donors (Lipinski definition) is 2. The van der Waals surface area contributed by atoms with Crippen molar-refractivity contribution in [2.24, 2.45) is 11.3 Å². The van der Waals surface area contributed by atoms with E-state index in [1.165, 1.54) is 17.0 Å². The van der Waals surface area contributed by atoms with E-state index in [0.29, 0.717) is 18.4 Å². The number of aromatic amines is 1. The Labute approximate surface area is 192 Å². The first-order chi connectivity index (χ1) is 15.5. The van der Waals surface area contributed by atoms with Crippen LogP contribution in [0.5, 0.6) is 0 Å². The molecule has 0 amide bonds. The van der Waals surface area contributed by atoms with Gasteiger partial charge in [0.25, 0.3) is 0 Å². The predicted molar refractivity (Wildman–Crippen MR) is 121 cm³/mol. The van der Waals surface area contributed by atoms with Crippen LogP contribution in [0.1, 0.15) is 58.2 Å². The lowest BCUT2D eigenvalue weighted by Gasteiger charge is -2.64. The fourth-order valence-electron chi connectivity index (χ4n) is 8.18. The van der Waals surface area contributed by atoms with Crippen molar-refractivity contribution >= 4 is 22.5 Å². The minimum Gasteiger partial charge on any atom is -0.377 e. The van der Waals surface area contributed by atoms with E-state index in [-0.39, 0.29) is 23.9 Å². The largest absolute Gasteiger partial charge is 0.377 e. The van der Waals surface area contributed by atoms with Gasteiger partial charge >= 0.3 is 0 Å². The number of Topliss-reactive ketones (excluding diaryl/α,β-unsaturated/α-hetero) is 1. The number of carbonyl (C=O) groups excluding carboxylic acids is 2. The number of aromatic nitrogens is 1. The van der Waals surface area contributed by atoms with Crippen molar-refractivity contribution < 1.29 is 24.2 Å². The second-order valence-electron chi connectivity index (χ2n) is 11.7. The number of H-pyrrole nitrogens is 1. The van der Waals surface area contributed by atoms with E-state index in [9.17, 15) is 14.7 Å². The van der Waals surface area contributed by atoms with Crippen LogP contribution in [0.25, 0.3) is 10.9 Å². The quantitative estimate of drug-likeness (QED) is 0.645. The number of fused-ring (bicyclic) bond motifs is 9. The Morgan fingerprint density at radius 3 is 2.61 bits per heavy atom. The standard InChI is InChI=1S/C27H29NO5/c1-23(2)22-18(29)13-19-26(32-22,33-23)10-9-24(3)25(4)14(12-20(30)27(19,24)31)11-16-15-7-5-6-8-17(15)28-21(16)25/h5-8,13-14,22,28,31H,9-12H2,1-4H3/t14-,22?,24?,25-,26+,27+/m1/s1. The Hall–Kier alpha value is -2.28. The van der Waals surface area contributed by atoms with Crippen molar-refractivity contribution in [1.29, 1.82) is 0 Å². The molecule has 0 radical (unpaired) electrons. The molecule has 3 aliphatic carbocycles. The van der Waals surface area contributed by atoms with Gasteiger partial charge in [0.1, 0.15) is 5.60 Å². The van der Waals surface area contributed by atoms with E-state index >= 15 is 0 Å². The lowest BCUT2D eigenvalue weighted by molar-refractivity contribution is -0.240. The average Bonchev–Trinajstić information content (AvgIpc) is 3.34.